The van der Waals surface area contributed by atoms with Crippen molar-refractivity contribution in [1.29, 1.82) is 0 Å². The second-order valence-electron chi connectivity index (χ2n) is 5.20. The maximum atomic E-state index is 11.9. The lowest BCUT2D eigenvalue weighted by Crippen LogP contribution is -2.39. The van der Waals surface area contributed by atoms with Crippen LogP contribution in [0.15, 0.2) is 53.6 Å². The first-order valence-electron chi connectivity index (χ1n) is 7.57. The van der Waals surface area contributed by atoms with Crippen LogP contribution in [-0.4, -0.2) is 30.2 Å². The van der Waals surface area contributed by atoms with Gasteiger partial charge in [0.25, 0.3) is 0 Å². The summed E-state index contributed by atoms with van der Waals surface area (Å²) in [5, 5.41) is 16.2. The molecule has 0 spiro atoms. The largest absolute Gasteiger partial charge is 0.504 e. The van der Waals surface area contributed by atoms with Crippen LogP contribution in [0.2, 0.25) is 0 Å². The van der Waals surface area contributed by atoms with Crippen LogP contribution in [0.25, 0.3) is 0 Å². The number of rotatable bonds is 5. The molecule has 2 aromatic rings. The van der Waals surface area contributed by atoms with E-state index in [4.69, 9.17) is 4.74 Å². The van der Waals surface area contributed by atoms with Gasteiger partial charge in [-0.3, -0.25) is 9.59 Å². The second-order valence-corrected chi connectivity index (χ2v) is 5.20. The first kappa shape index (κ1) is 18.0. The van der Waals surface area contributed by atoms with Crippen LogP contribution in [0, 0.1) is 0 Å². The molecule has 2 rings (SSSR count). The molecule has 3 N–H and O–H groups in total. The molecule has 2 aromatic carbocycles. The SMILES string of the molecule is COc1cccc(/C=N\NC(=O)C(=O)N[C@@H](C)c2ccccc2)c1O. The van der Waals surface area contributed by atoms with E-state index in [9.17, 15) is 14.7 Å². The third-order valence-corrected chi connectivity index (χ3v) is 3.47. The van der Waals surface area contributed by atoms with Gasteiger partial charge in [-0.05, 0) is 24.6 Å². The summed E-state index contributed by atoms with van der Waals surface area (Å²) in [5.41, 5.74) is 3.35. The van der Waals surface area contributed by atoms with E-state index in [-0.39, 0.29) is 17.5 Å². The zero-order valence-corrected chi connectivity index (χ0v) is 13.9. The minimum atomic E-state index is -0.901. The number of nitrogens with one attached hydrogen (secondary N) is 2. The molecule has 0 aliphatic heterocycles. The molecule has 1 atom stereocenters. The van der Waals surface area contributed by atoms with Gasteiger partial charge >= 0.3 is 11.8 Å². The Bertz CT molecular complexity index is 775. The Morgan fingerprint density at radius 3 is 2.52 bits per heavy atom. The van der Waals surface area contributed by atoms with Crippen molar-refractivity contribution in [3.05, 3.63) is 59.7 Å². The van der Waals surface area contributed by atoms with Gasteiger partial charge in [0.05, 0.1) is 19.4 Å². The number of phenols is 1. The maximum absolute atomic E-state index is 11.9. The predicted octanol–water partition coefficient (Wildman–Crippen LogP) is 1.73. The van der Waals surface area contributed by atoms with E-state index in [1.807, 2.05) is 30.3 Å². The summed E-state index contributed by atoms with van der Waals surface area (Å²) in [4.78, 5) is 23.7. The van der Waals surface area contributed by atoms with Crippen molar-refractivity contribution in [1.82, 2.24) is 10.7 Å². The molecule has 0 unspecified atom stereocenters. The molecule has 0 heterocycles. The first-order valence-corrected chi connectivity index (χ1v) is 7.57. The number of hydrazone groups is 1. The van der Waals surface area contributed by atoms with Crippen LogP contribution in [0.3, 0.4) is 0 Å². The monoisotopic (exact) mass is 341 g/mol. The van der Waals surface area contributed by atoms with Crippen molar-refractivity contribution in [2.24, 2.45) is 5.10 Å². The molecule has 130 valence electrons. The van der Waals surface area contributed by atoms with Crippen LogP contribution in [0.4, 0.5) is 0 Å². The number of nitrogens with zero attached hydrogens (tertiary/aromatic N) is 1. The minimum Gasteiger partial charge on any atom is -0.504 e. The topological polar surface area (TPSA) is 100 Å². The zero-order valence-electron chi connectivity index (χ0n) is 13.9. The Morgan fingerprint density at radius 1 is 1.12 bits per heavy atom. The van der Waals surface area contributed by atoms with E-state index < -0.39 is 11.8 Å². The third-order valence-electron chi connectivity index (χ3n) is 3.47. The number of para-hydroxylation sites is 1. The minimum absolute atomic E-state index is 0.106. The van der Waals surface area contributed by atoms with Crippen LogP contribution < -0.4 is 15.5 Å². The highest BCUT2D eigenvalue weighted by molar-refractivity contribution is 6.35. The number of carbonyl (C=O) groups excluding carboxylic acids is 2. The summed E-state index contributed by atoms with van der Waals surface area (Å²) in [6.45, 7) is 1.78. The fourth-order valence-corrected chi connectivity index (χ4v) is 2.11. The van der Waals surface area contributed by atoms with E-state index in [2.05, 4.69) is 15.8 Å². The Hall–Kier alpha value is -3.35. The van der Waals surface area contributed by atoms with E-state index in [0.717, 1.165) is 5.56 Å². The van der Waals surface area contributed by atoms with Gasteiger partial charge in [-0.1, -0.05) is 36.4 Å². The van der Waals surface area contributed by atoms with Gasteiger partial charge < -0.3 is 15.2 Å². The average molecular weight is 341 g/mol. The first-order chi connectivity index (χ1) is 12.0. The Balaban J connectivity index is 1.92. The summed E-state index contributed by atoms with van der Waals surface area (Å²) in [7, 11) is 1.43. The number of methoxy groups -OCH3 is 1. The number of hydrogen-bond donors (Lipinski definition) is 3. The second kappa shape index (κ2) is 8.49. The Labute approximate surface area is 145 Å². The molecule has 0 radical (unpaired) electrons. The molecule has 0 aliphatic rings. The summed E-state index contributed by atoms with van der Waals surface area (Å²) in [5.74, 6) is -1.53. The van der Waals surface area contributed by atoms with Crippen molar-refractivity contribution in [2.75, 3.05) is 7.11 Å². The van der Waals surface area contributed by atoms with E-state index >= 15 is 0 Å². The third kappa shape index (κ3) is 4.81. The summed E-state index contributed by atoms with van der Waals surface area (Å²) >= 11 is 0. The number of ether oxygens (including phenoxy) is 1. The van der Waals surface area contributed by atoms with Crippen molar-refractivity contribution in [2.45, 2.75) is 13.0 Å². The zero-order chi connectivity index (χ0) is 18.2. The highest BCUT2D eigenvalue weighted by atomic mass is 16.5. The Morgan fingerprint density at radius 2 is 1.84 bits per heavy atom. The predicted molar refractivity (Wildman–Crippen MR) is 93.4 cm³/mol. The van der Waals surface area contributed by atoms with Gasteiger partial charge in [0.15, 0.2) is 11.5 Å². The van der Waals surface area contributed by atoms with Gasteiger partial charge in [-0.25, -0.2) is 5.43 Å². The average Bonchev–Trinajstić information content (AvgIpc) is 2.63. The lowest BCUT2D eigenvalue weighted by molar-refractivity contribution is -0.139. The molecule has 0 aromatic heterocycles. The van der Waals surface area contributed by atoms with Gasteiger partial charge in [0, 0.05) is 5.56 Å². The molecule has 0 bridgehead atoms. The molecule has 0 aliphatic carbocycles. The Kier molecular flexibility index (Phi) is 6.11. The molecule has 0 fully saturated rings. The highest BCUT2D eigenvalue weighted by Crippen LogP contribution is 2.27. The van der Waals surface area contributed by atoms with Gasteiger partial charge in [0.2, 0.25) is 0 Å². The fraction of sp³-hybridized carbons (Fsp3) is 0.167. The quantitative estimate of drug-likeness (QED) is 0.438. The standard InChI is InChI=1S/C18H19N3O4/c1-12(13-7-4-3-5-8-13)20-17(23)18(24)21-19-11-14-9-6-10-15(25-2)16(14)22/h3-12,22H,1-2H3,(H,20,23)(H,21,24)/b19-11-/t12-/m0/s1. The van der Waals surface area contributed by atoms with Crippen molar-refractivity contribution in [3.8, 4) is 11.5 Å². The van der Waals surface area contributed by atoms with E-state index in [0.29, 0.717) is 5.56 Å². The van der Waals surface area contributed by atoms with Crippen molar-refractivity contribution < 1.29 is 19.4 Å². The van der Waals surface area contributed by atoms with Crippen LogP contribution >= 0.6 is 0 Å². The smallest absolute Gasteiger partial charge is 0.329 e. The molecule has 0 saturated carbocycles. The summed E-state index contributed by atoms with van der Waals surface area (Å²) in [6.07, 6.45) is 1.23. The lowest BCUT2D eigenvalue weighted by atomic mass is 10.1. The number of phenolic OH excluding ortho intramolecular Hbond substituents is 1. The number of hydrogen-bond acceptors (Lipinski definition) is 5. The van der Waals surface area contributed by atoms with Crippen molar-refractivity contribution in [3.63, 3.8) is 0 Å². The molecule has 2 amide bonds. The molecule has 0 saturated heterocycles. The van der Waals surface area contributed by atoms with E-state index in [1.54, 1.807) is 25.1 Å². The molecule has 7 heteroatoms. The van der Waals surface area contributed by atoms with E-state index in [1.165, 1.54) is 13.3 Å². The highest BCUT2D eigenvalue weighted by Gasteiger charge is 2.16. The molecular weight excluding hydrogens is 322 g/mol. The summed E-state index contributed by atoms with van der Waals surface area (Å²) in [6, 6.07) is 13.8. The van der Waals surface area contributed by atoms with Crippen LogP contribution in [-0.2, 0) is 9.59 Å². The van der Waals surface area contributed by atoms with Gasteiger partial charge in [-0.15, -0.1) is 0 Å². The lowest BCUT2D eigenvalue weighted by Gasteiger charge is -2.13. The number of amides is 2. The molecule has 25 heavy (non-hydrogen) atoms. The van der Waals surface area contributed by atoms with Gasteiger partial charge in [-0.2, -0.15) is 5.10 Å². The maximum Gasteiger partial charge on any atom is 0.329 e. The van der Waals surface area contributed by atoms with Gasteiger partial charge in [0.1, 0.15) is 0 Å². The molecule has 7 nitrogen and oxygen atoms in total. The van der Waals surface area contributed by atoms with Crippen LogP contribution in [0.1, 0.15) is 24.1 Å². The number of aromatic hydroxyl groups is 1. The summed E-state index contributed by atoms with van der Waals surface area (Å²) < 4.78 is 4.97. The number of benzene rings is 2. The molecular formula is C18H19N3O4. The van der Waals surface area contributed by atoms with Crippen LogP contribution in [0.5, 0.6) is 11.5 Å². The number of carbonyl (C=O) groups is 2. The van der Waals surface area contributed by atoms with Crippen molar-refractivity contribution >= 4 is 18.0 Å². The normalized spacial score (nSPS) is 11.8. The fourth-order valence-electron chi connectivity index (χ4n) is 2.11.